The van der Waals surface area contributed by atoms with Crippen LogP contribution in [0.1, 0.15) is 0 Å². The van der Waals surface area contributed by atoms with Crippen molar-refractivity contribution in [2.75, 3.05) is 7.05 Å². The molecule has 1 radical (unpaired) electrons. The van der Waals surface area contributed by atoms with Crippen molar-refractivity contribution in [2.45, 2.75) is 0 Å². The third kappa shape index (κ3) is 2.99. The van der Waals surface area contributed by atoms with Crippen molar-refractivity contribution in [3.63, 3.8) is 0 Å². The Morgan fingerprint density at radius 2 is 1.44 bits per heavy atom. The van der Waals surface area contributed by atoms with Gasteiger partial charge in [0, 0.05) is 39.8 Å². The summed E-state index contributed by atoms with van der Waals surface area (Å²) in [6.45, 7) is 0. The first-order chi connectivity index (χ1) is 6.31. The number of carbonyl (C=O) groups is 4. The van der Waals surface area contributed by atoms with E-state index in [2.05, 4.69) is 0 Å². The first-order valence-corrected chi connectivity index (χ1v) is 3.26. The Kier molecular flexibility index (Phi) is 9.29. The number of carbonyl (C=O) groups excluding carboxylic acids is 2. The van der Waals surface area contributed by atoms with Crippen LogP contribution in [0.2, 0.25) is 0 Å². The first kappa shape index (κ1) is 20.4. The molecule has 0 saturated heterocycles. The van der Waals surface area contributed by atoms with Crippen LogP contribution in [0.25, 0.3) is 5.73 Å². The van der Waals surface area contributed by atoms with Crippen molar-refractivity contribution in [3.8, 4) is 0 Å². The van der Waals surface area contributed by atoms with E-state index in [0.29, 0.717) is 0 Å². The molecular formula is C7H10N2O6Y-2. The Balaban J connectivity index is -0.000000845. The molecule has 0 spiro atoms. The molecule has 89 valence electrons. The van der Waals surface area contributed by atoms with Crippen molar-refractivity contribution in [3.05, 3.63) is 13.2 Å². The van der Waals surface area contributed by atoms with Crippen LogP contribution in [-0.2, 0) is 51.9 Å². The summed E-state index contributed by atoms with van der Waals surface area (Å²) < 4.78 is 0. The second-order valence-corrected chi connectivity index (χ2v) is 2.27. The Bertz CT molecular complexity index is 280. The van der Waals surface area contributed by atoms with E-state index in [1.165, 1.54) is 0 Å². The van der Waals surface area contributed by atoms with Gasteiger partial charge in [0.1, 0.15) is 0 Å². The van der Waals surface area contributed by atoms with Crippen molar-refractivity contribution in [2.24, 2.45) is 5.41 Å². The molecule has 0 aromatic carbocycles. The molecule has 0 fully saturated rings. The van der Waals surface area contributed by atoms with Gasteiger partial charge in [-0.25, -0.2) is 9.59 Å². The molecule has 0 aliphatic carbocycles. The Morgan fingerprint density at radius 3 is 1.50 bits per heavy atom. The number of amides is 2. The predicted octanol–water partition coefficient (Wildman–Crippen LogP) is -1.09. The number of nitrogens with one attached hydrogen (secondary N) is 2. The fraction of sp³-hybridized carbons (Fsp3) is 0.286. The molecule has 0 bridgehead atoms. The fourth-order valence-electron chi connectivity index (χ4n) is 0.771. The number of aliphatic carboxylic acids is 2. The summed E-state index contributed by atoms with van der Waals surface area (Å²) in [5.74, 6) is -7.94. The molecule has 8 nitrogen and oxygen atoms in total. The molecule has 0 saturated carbocycles. The summed E-state index contributed by atoms with van der Waals surface area (Å²) in [4.78, 5) is 42.6. The Labute approximate surface area is 116 Å². The normalized spacial score (nSPS) is 9.06. The van der Waals surface area contributed by atoms with E-state index < -0.39 is 29.2 Å². The van der Waals surface area contributed by atoms with E-state index >= 15 is 0 Å². The van der Waals surface area contributed by atoms with Gasteiger partial charge in [0.25, 0.3) is 11.3 Å². The minimum atomic E-state index is -3.38. The van der Waals surface area contributed by atoms with Gasteiger partial charge >= 0.3 is 11.9 Å². The quantitative estimate of drug-likeness (QED) is 0.445. The van der Waals surface area contributed by atoms with Crippen molar-refractivity contribution in [1.82, 2.24) is 5.32 Å². The zero-order chi connectivity index (χ0) is 11.5. The number of hydrogen-bond acceptors (Lipinski definition) is 4. The van der Waals surface area contributed by atoms with Gasteiger partial charge in [0.15, 0.2) is 0 Å². The molecule has 2 amide bonds. The van der Waals surface area contributed by atoms with Crippen molar-refractivity contribution in [1.29, 1.82) is 0 Å². The molecule has 9 heteroatoms. The fourth-order valence-corrected chi connectivity index (χ4v) is 0.771. The molecule has 0 aliphatic rings. The van der Waals surface area contributed by atoms with E-state index in [0.717, 1.165) is 7.05 Å². The topological polar surface area (TPSA) is 145 Å². The van der Waals surface area contributed by atoms with E-state index in [1.807, 2.05) is 0 Å². The number of carboxylic acid groups (broad SMARTS) is 2. The monoisotopic (exact) mass is 307 g/mol. The zero-order valence-electron chi connectivity index (χ0n) is 8.60. The number of hydrogen-bond donors (Lipinski definition) is 3. The van der Waals surface area contributed by atoms with Crippen LogP contribution in [0.3, 0.4) is 0 Å². The Hall–Kier alpha value is -1.02. The van der Waals surface area contributed by atoms with E-state index in [1.54, 1.807) is 5.32 Å². The average molecular weight is 307 g/mol. The number of carboxylic acids is 2. The molecule has 16 heavy (non-hydrogen) atoms. The van der Waals surface area contributed by atoms with E-state index in [-0.39, 0.29) is 40.1 Å². The van der Waals surface area contributed by atoms with Gasteiger partial charge in [0.2, 0.25) is 0 Å². The second-order valence-electron chi connectivity index (χ2n) is 2.27. The smallest absolute Gasteiger partial charge is 0.336 e. The van der Waals surface area contributed by atoms with Crippen LogP contribution in [0.15, 0.2) is 0 Å². The van der Waals surface area contributed by atoms with Crippen LogP contribution in [0, 0.1) is 12.8 Å². The summed E-state index contributed by atoms with van der Waals surface area (Å²) in [7, 11) is 0.964. The molecule has 0 aromatic heterocycles. The van der Waals surface area contributed by atoms with Crippen LogP contribution >= 0.6 is 0 Å². The van der Waals surface area contributed by atoms with Crippen molar-refractivity contribution < 1.29 is 62.1 Å². The molecule has 0 aliphatic heterocycles. The van der Waals surface area contributed by atoms with Gasteiger partial charge in [-0.1, -0.05) is 0 Å². The van der Waals surface area contributed by atoms with Crippen LogP contribution < -0.4 is 5.32 Å². The van der Waals surface area contributed by atoms with Gasteiger partial charge in [-0.05, 0) is 0 Å². The van der Waals surface area contributed by atoms with Gasteiger partial charge in [-0.3, -0.25) is 4.79 Å². The minimum Gasteiger partial charge on any atom is -0.666 e. The molecule has 4 N–H and O–H groups in total. The first-order valence-electron chi connectivity index (χ1n) is 3.26. The third-order valence-electron chi connectivity index (χ3n) is 1.55. The average Bonchev–Trinajstić information content (AvgIpc) is 2.02. The maximum Gasteiger partial charge on any atom is 0.336 e. The summed E-state index contributed by atoms with van der Waals surface area (Å²) in [6, 6.07) is 0. The molecule has 0 unspecified atom stereocenters. The van der Waals surface area contributed by atoms with E-state index in [9.17, 15) is 19.2 Å². The van der Waals surface area contributed by atoms with Gasteiger partial charge in [0.05, 0.1) is 5.91 Å². The second kappa shape index (κ2) is 7.29. The van der Waals surface area contributed by atoms with Gasteiger partial charge in [-0.2, -0.15) is 0 Å². The van der Waals surface area contributed by atoms with Crippen molar-refractivity contribution >= 4 is 23.8 Å². The van der Waals surface area contributed by atoms with Crippen LogP contribution in [0.5, 0.6) is 0 Å². The predicted molar refractivity (Wildman–Crippen MR) is 47.5 cm³/mol. The standard InChI is InChI=1S/C6H8N2O6.CH3.Y/c1-8-3(10)6(2(7)9,4(11)12)5(13)14;;/h1H3,(H5,7,8,9,10,11,12,13,14);1H3;/q;-1;/p-1. The largest absolute Gasteiger partial charge is 0.666 e. The molecule has 0 aromatic rings. The molecule has 0 atom stereocenters. The minimum absolute atomic E-state index is 0. The summed E-state index contributed by atoms with van der Waals surface area (Å²) in [5, 5.41) is 18.7. The molecule has 0 heterocycles. The summed E-state index contributed by atoms with van der Waals surface area (Å²) in [6.07, 6.45) is 0. The SMILES string of the molecule is CNC(=O)C(C([NH-])=O)(C(=O)O)C(=O)O.[CH3-].[Y]. The summed E-state index contributed by atoms with van der Waals surface area (Å²) in [5.41, 5.74) is 3.14. The summed E-state index contributed by atoms with van der Waals surface area (Å²) >= 11 is 0. The maximum absolute atomic E-state index is 10.9. The number of rotatable bonds is 4. The van der Waals surface area contributed by atoms with Crippen LogP contribution in [-0.4, -0.2) is 41.0 Å². The molecule has 0 rings (SSSR count). The Morgan fingerprint density at radius 1 is 1.12 bits per heavy atom. The third-order valence-corrected chi connectivity index (χ3v) is 1.55. The maximum atomic E-state index is 10.9. The van der Waals surface area contributed by atoms with Gasteiger partial charge < -0.3 is 33.5 Å². The van der Waals surface area contributed by atoms with Gasteiger partial charge in [-0.15, -0.1) is 0 Å². The zero-order valence-corrected chi connectivity index (χ0v) is 11.4. The molecular weight excluding hydrogens is 297 g/mol. The van der Waals surface area contributed by atoms with E-state index in [4.69, 9.17) is 15.9 Å². The van der Waals surface area contributed by atoms with Crippen LogP contribution in [0.4, 0.5) is 0 Å².